The molecule has 8 nitrogen and oxygen atoms in total. The number of nitrogen functional groups attached to an aromatic ring is 1. The number of azo groups is 1. The van der Waals surface area contributed by atoms with E-state index >= 15 is 0 Å². The fraction of sp³-hybridized carbons (Fsp3) is 0.389. The predicted molar refractivity (Wildman–Crippen MR) is 97.8 cm³/mol. The largest absolute Gasteiger partial charge is 0.382 e. The molecule has 0 radical (unpaired) electrons. The Hall–Kier alpha value is -3.03. The van der Waals surface area contributed by atoms with E-state index in [4.69, 9.17) is 5.73 Å². The number of amides is 2. The van der Waals surface area contributed by atoms with Gasteiger partial charge in [0.05, 0.1) is 22.5 Å². The van der Waals surface area contributed by atoms with Gasteiger partial charge in [0.2, 0.25) is 0 Å². The summed E-state index contributed by atoms with van der Waals surface area (Å²) in [6.45, 7) is 5.71. The summed E-state index contributed by atoms with van der Waals surface area (Å²) in [7, 11) is 1.72. The molecule has 0 bridgehead atoms. The minimum Gasteiger partial charge on any atom is -0.382 e. The van der Waals surface area contributed by atoms with E-state index < -0.39 is 0 Å². The lowest BCUT2D eigenvalue weighted by molar-refractivity contribution is 0.0576. The van der Waals surface area contributed by atoms with Crippen molar-refractivity contribution < 1.29 is 9.59 Å². The van der Waals surface area contributed by atoms with Gasteiger partial charge in [-0.1, -0.05) is 19.9 Å². The van der Waals surface area contributed by atoms with Crippen molar-refractivity contribution in [3.63, 3.8) is 0 Å². The zero-order valence-electron chi connectivity index (χ0n) is 15.4. The highest BCUT2D eigenvalue weighted by Gasteiger charge is 2.40. The lowest BCUT2D eigenvalue weighted by Gasteiger charge is -2.23. The number of hydrogen-bond donors (Lipinski definition) is 1. The predicted octanol–water partition coefficient (Wildman–Crippen LogP) is 3.51. The average Bonchev–Trinajstić information content (AvgIpc) is 3.02. The molecule has 8 heteroatoms. The standard InChI is InChI=1S/C18H22N6O2/c1-5-11(6-2)24-17(25)12-8-7-9-13(14(12)18(24)26)20-21-15-10(3)22-23(4)16(15)19/h7-9,11H,5-6,19H2,1-4H3. The second-order valence-electron chi connectivity index (χ2n) is 6.29. The summed E-state index contributed by atoms with van der Waals surface area (Å²) in [6.07, 6.45) is 1.43. The van der Waals surface area contributed by atoms with E-state index in [0.29, 0.717) is 46.9 Å². The Bertz CT molecular complexity index is 911. The van der Waals surface area contributed by atoms with Gasteiger partial charge < -0.3 is 5.73 Å². The number of rotatable bonds is 5. The van der Waals surface area contributed by atoms with E-state index in [-0.39, 0.29) is 17.9 Å². The number of carbonyl (C=O) groups is 2. The van der Waals surface area contributed by atoms with Gasteiger partial charge in [0.1, 0.15) is 5.82 Å². The Labute approximate surface area is 151 Å². The topological polar surface area (TPSA) is 106 Å². The van der Waals surface area contributed by atoms with E-state index in [9.17, 15) is 9.59 Å². The average molecular weight is 354 g/mol. The van der Waals surface area contributed by atoms with E-state index in [2.05, 4.69) is 15.3 Å². The minimum atomic E-state index is -0.316. The van der Waals surface area contributed by atoms with Crippen LogP contribution in [0.25, 0.3) is 0 Å². The summed E-state index contributed by atoms with van der Waals surface area (Å²) < 4.78 is 1.52. The van der Waals surface area contributed by atoms with Gasteiger partial charge in [-0.25, -0.2) is 0 Å². The number of nitrogens with two attached hydrogens (primary N) is 1. The number of imide groups is 1. The molecule has 0 atom stereocenters. The molecule has 2 aromatic rings. The zero-order chi connectivity index (χ0) is 19.0. The fourth-order valence-electron chi connectivity index (χ4n) is 3.25. The van der Waals surface area contributed by atoms with Crippen LogP contribution >= 0.6 is 0 Å². The molecule has 136 valence electrons. The second-order valence-corrected chi connectivity index (χ2v) is 6.29. The lowest BCUT2D eigenvalue weighted by atomic mass is 10.1. The Kier molecular flexibility index (Phi) is 4.58. The third kappa shape index (κ3) is 2.67. The molecule has 1 aliphatic rings. The van der Waals surface area contributed by atoms with Crippen molar-refractivity contribution in [3.05, 3.63) is 35.0 Å². The monoisotopic (exact) mass is 354 g/mol. The normalized spacial score (nSPS) is 14.1. The van der Waals surface area contributed by atoms with Crippen LogP contribution in [0.2, 0.25) is 0 Å². The third-order valence-corrected chi connectivity index (χ3v) is 4.72. The van der Waals surface area contributed by atoms with Crippen molar-refractivity contribution in [2.24, 2.45) is 17.3 Å². The van der Waals surface area contributed by atoms with Crippen LogP contribution in [0.15, 0.2) is 28.4 Å². The first-order valence-electron chi connectivity index (χ1n) is 8.62. The summed E-state index contributed by atoms with van der Waals surface area (Å²) in [5.41, 5.74) is 8.07. The van der Waals surface area contributed by atoms with Crippen LogP contribution in [0, 0.1) is 6.92 Å². The SMILES string of the molecule is CCC(CC)N1C(=O)c2cccc(N=Nc3c(C)nn(C)c3N)c2C1=O. The molecule has 0 aliphatic carbocycles. The van der Waals surface area contributed by atoms with Crippen LogP contribution in [0.5, 0.6) is 0 Å². The summed E-state index contributed by atoms with van der Waals surface area (Å²) in [5, 5.41) is 12.6. The van der Waals surface area contributed by atoms with Gasteiger partial charge in [-0.15, -0.1) is 10.2 Å². The maximum Gasteiger partial charge on any atom is 0.264 e. The molecule has 1 aromatic carbocycles. The van der Waals surface area contributed by atoms with Gasteiger partial charge in [-0.3, -0.25) is 19.2 Å². The van der Waals surface area contributed by atoms with Gasteiger partial charge in [0, 0.05) is 13.1 Å². The molecule has 1 aliphatic heterocycles. The van der Waals surface area contributed by atoms with Crippen molar-refractivity contribution in [2.75, 3.05) is 5.73 Å². The maximum absolute atomic E-state index is 12.9. The van der Waals surface area contributed by atoms with E-state index in [0.717, 1.165) is 0 Å². The first-order valence-corrected chi connectivity index (χ1v) is 8.62. The summed E-state index contributed by atoms with van der Waals surface area (Å²) in [5.74, 6) is -0.197. The number of aromatic nitrogens is 2. The molecule has 0 saturated heterocycles. The molecular formula is C18H22N6O2. The number of fused-ring (bicyclic) bond motifs is 1. The molecule has 2 heterocycles. The van der Waals surface area contributed by atoms with Crippen LogP contribution in [0.3, 0.4) is 0 Å². The van der Waals surface area contributed by atoms with Gasteiger partial charge in [0.15, 0.2) is 5.69 Å². The first kappa shape index (κ1) is 17.8. The van der Waals surface area contributed by atoms with Crippen LogP contribution in [-0.2, 0) is 7.05 Å². The van der Waals surface area contributed by atoms with Crippen molar-refractivity contribution in [2.45, 2.75) is 39.7 Å². The highest BCUT2D eigenvalue weighted by molar-refractivity contribution is 6.23. The Morgan fingerprint density at radius 3 is 2.42 bits per heavy atom. The van der Waals surface area contributed by atoms with Crippen molar-refractivity contribution in [1.29, 1.82) is 0 Å². The molecule has 1 aromatic heterocycles. The summed E-state index contributed by atoms with van der Waals surface area (Å²) >= 11 is 0. The van der Waals surface area contributed by atoms with Gasteiger partial charge >= 0.3 is 0 Å². The highest BCUT2D eigenvalue weighted by Crippen LogP contribution is 2.35. The quantitative estimate of drug-likeness (QED) is 0.655. The van der Waals surface area contributed by atoms with Gasteiger partial charge in [-0.2, -0.15) is 5.10 Å². The van der Waals surface area contributed by atoms with Crippen molar-refractivity contribution in [1.82, 2.24) is 14.7 Å². The molecule has 2 amide bonds. The molecule has 0 saturated carbocycles. The van der Waals surface area contributed by atoms with Gasteiger partial charge in [-0.05, 0) is 31.9 Å². The molecule has 0 unspecified atom stereocenters. The van der Waals surface area contributed by atoms with E-state index in [1.807, 2.05) is 13.8 Å². The Morgan fingerprint density at radius 2 is 1.85 bits per heavy atom. The lowest BCUT2D eigenvalue weighted by Crippen LogP contribution is -2.39. The number of benzene rings is 1. The number of aryl methyl sites for hydroxylation is 2. The number of hydrogen-bond acceptors (Lipinski definition) is 6. The maximum atomic E-state index is 12.9. The molecule has 3 rings (SSSR count). The molecule has 0 spiro atoms. The second kappa shape index (κ2) is 6.70. The van der Waals surface area contributed by atoms with Crippen LogP contribution < -0.4 is 5.73 Å². The zero-order valence-corrected chi connectivity index (χ0v) is 15.4. The van der Waals surface area contributed by atoms with Crippen LogP contribution in [0.1, 0.15) is 53.1 Å². The number of nitrogens with zero attached hydrogens (tertiary/aromatic N) is 5. The smallest absolute Gasteiger partial charge is 0.264 e. The van der Waals surface area contributed by atoms with Crippen molar-refractivity contribution in [3.8, 4) is 0 Å². The first-order chi connectivity index (χ1) is 12.4. The molecular weight excluding hydrogens is 332 g/mol. The Balaban J connectivity index is 2.03. The number of anilines is 1. The molecule has 26 heavy (non-hydrogen) atoms. The van der Waals surface area contributed by atoms with E-state index in [1.54, 1.807) is 32.2 Å². The molecule has 0 fully saturated rings. The third-order valence-electron chi connectivity index (χ3n) is 4.72. The van der Waals surface area contributed by atoms with Crippen molar-refractivity contribution >= 4 is 29.0 Å². The van der Waals surface area contributed by atoms with E-state index in [1.165, 1.54) is 9.58 Å². The Morgan fingerprint density at radius 1 is 1.15 bits per heavy atom. The fourth-order valence-corrected chi connectivity index (χ4v) is 3.25. The minimum absolute atomic E-state index is 0.122. The van der Waals surface area contributed by atoms with Crippen LogP contribution in [0.4, 0.5) is 17.2 Å². The van der Waals surface area contributed by atoms with Gasteiger partial charge in [0.25, 0.3) is 11.8 Å². The summed E-state index contributed by atoms with van der Waals surface area (Å²) in [4.78, 5) is 26.9. The number of carbonyl (C=O) groups excluding carboxylic acids is 2. The molecule has 2 N–H and O–H groups in total. The highest BCUT2D eigenvalue weighted by atomic mass is 16.2. The van der Waals surface area contributed by atoms with Crippen LogP contribution in [-0.4, -0.2) is 32.5 Å². The summed E-state index contributed by atoms with van der Waals surface area (Å²) in [6, 6.07) is 4.91.